The Kier molecular flexibility index (Phi) is 5.39. The zero-order chi connectivity index (χ0) is 18.7. The van der Waals surface area contributed by atoms with Crippen LogP contribution in [0.2, 0.25) is 0 Å². The van der Waals surface area contributed by atoms with E-state index < -0.39 is 0 Å². The lowest BCUT2D eigenvalue weighted by Gasteiger charge is -2.16. The van der Waals surface area contributed by atoms with E-state index >= 15 is 0 Å². The minimum absolute atomic E-state index is 0.0243. The van der Waals surface area contributed by atoms with Crippen molar-refractivity contribution in [1.29, 1.82) is 0 Å². The molecule has 0 bridgehead atoms. The van der Waals surface area contributed by atoms with Crippen LogP contribution in [0.5, 0.6) is 0 Å². The number of rotatable bonds is 4. The van der Waals surface area contributed by atoms with Crippen molar-refractivity contribution in [2.45, 2.75) is 19.9 Å². The molecule has 26 heavy (non-hydrogen) atoms. The van der Waals surface area contributed by atoms with Crippen molar-refractivity contribution in [2.24, 2.45) is 0 Å². The van der Waals surface area contributed by atoms with Crippen molar-refractivity contribution in [2.75, 3.05) is 13.7 Å². The molecule has 136 valence electrons. The molecule has 0 aliphatic rings. The van der Waals surface area contributed by atoms with E-state index in [1.54, 1.807) is 7.11 Å². The van der Waals surface area contributed by atoms with Crippen LogP contribution < -0.4 is 16.2 Å². The molecule has 7 heteroatoms. The smallest absolute Gasteiger partial charge is 0.305 e. The fourth-order valence-corrected chi connectivity index (χ4v) is 3.14. The molecule has 1 heterocycles. The highest BCUT2D eigenvalue weighted by atomic mass is 32.1. The molecular weight excluding hydrogens is 350 g/mol. The van der Waals surface area contributed by atoms with Crippen LogP contribution in [0.25, 0.3) is 21.7 Å². The molecule has 0 spiro atoms. The number of carbonyl (C=O) groups excluding carboxylic acids is 1. The zero-order valence-electron chi connectivity index (χ0n) is 14.9. The van der Waals surface area contributed by atoms with Crippen LogP contribution in [0.1, 0.15) is 23.0 Å². The zero-order valence-corrected chi connectivity index (χ0v) is 15.7. The predicted octanol–water partition coefficient (Wildman–Crippen LogP) is 3.04. The Balaban J connectivity index is 1.77. The van der Waals surface area contributed by atoms with Crippen molar-refractivity contribution in [3.8, 4) is 0 Å². The standard InChI is InChI=1S/C19H21N3O3S/c1-11(10-24-3)20-19(26)22-21-18(23)16-12(2)14-9-8-13-6-4-5-7-15(13)17(14)25-16/h4-9,11H,10H2,1-3H3,(H,21,23)(H2,20,22,26)/t11-/m0/s1. The van der Waals surface area contributed by atoms with Gasteiger partial charge in [-0.05, 0) is 31.5 Å². The molecule has 0 radical (unpaired) electrons. The molecule has 3 rings (SSSR count). The number of amides is 1. The monoisotopic (exact) mass is 371 g/mol. The van der Waals surface area contributed by atoms with Crippen molar-refractivity contribution in [3.63, 3.8) is 0 Å². The fraction of sp³-hybridized carbons (Fsp3) is 0.263. The molecule has 1 amide bonds. The molecule has 1 aromatic heterocycles. The summed E-state index contributed by atoms with van der Waals surface area (Å²) >= 11 is 5.15. The third kappa shape index (κ3) is 3.63. The highest BCUT2D eigenvalue weighted by molar-refractivity contribution is 7.80. The van der Waals surface area contributed by atoms with E-state index in [0.717, 1.165) is 21.7 Å². The number of hydrogen-bond donors (Lipinski definition) is 3. The molecule has 6 nitrogen and oxygen atoms in total. The van der Waals surface area contributed by atoms with Gasteiger partial charge in [-0.1, -0.05) is 36.4 Å². The summed E-state index contributed by atoms with van der Waals surface area (Å²) in [6.45, 7) is 4.30. The maximum Gasteiger partial charge on any atom is 0.305 e. The first-order valence-corrected chi connectivity index (χ1v) is 8.68. The SMILES string of the molecule is COC[C@H](C)NC(=S)NNC(=O)c1oc2c(ccc3ccccc32)c1C. The summed E-state index contributed by atoms with van der Waals surface area (Å²) in [4.78, 5) is 12.5. The Hall–Kier alpha value is -2.64. The van der Waals surface area contributed by atoms with Gasteiger partial charge in [0, 0.05) is 29.5 Å². The van der Waals surface area contributed by atoms with E-state index in [4.69, 9.17) is 21.4 Å². The normalized spacial score (nSPS) is 12.1. The second kappa shape index (κ2) is 7.72. The third-order valence-corrected chi connectivity index (χ3v) is 4.34. The number of nitrogens with one attached hydrogen (secondary N) is 3. The summed E-state index contributed by atoms with van der Waals surface area (Å²) in [6.07, 6.45) is 0. The summed E-state index contributed by atoms with van der Waals surface area (Å²) in [5, 5.41) is 6.27. The first-order valence-electron chi connectivity index (χ1n) is 8.28. The topological polar surface area (TPSA) is 75.5 Å². The number of ether oxygens (including phenoxy) is 1. The van der Waals surface area contributed by atoms with Crippen molar-refractivity contribution in [3.05, 3.63) is 47.7 Å². The van der Waals surface area contributed by atoms with Crippen molar-refractivity contribution in [1.82, 2.24) is 16.2 Å². The lowest BCUT2D eigenvalue weighted by atomic mass is 10.1. The maximum absolute atomic E-state index is 12.5. The van der Waals surface area contributed by atoms with Gasteiger partial charge in [-0.15, -0.1) is 0 Å². The van der Waals surface area contributed by atoms with Gasteiger partial charge in [0.25, 0.3) is 0 Å². The number of aryl methyl sites for hydroxylation is 1. The first kappa shape index (κ1) is 18.2. The molecule has 0 fully saturated rings. The summed E-state index contributed by atoms with van der Waals surface area (Å²) in [5.41, 5.74) is 6.75. The minimum atomic E-state index is -0.383. The van der Waals surface area contributed by atoms with Gasteiger partial charge in [0.2, 0.25) is 0 Å². The second-order valence-electron chi connectivity index (χ2n) is 6.13. The fourth-order valence-electron chi connectivity index (χ4n) is 2.89. The first-order chi connectivity index (χ1) is 12.5. The third-order valence-electron chi connectivity index (χ3n) is 4.12. The van der Waals surface area contributed by atoms with E-state index in [-0.39, 0.29) is 17.7 Å². The van der Waals surface area contributed by atoms with Gasteiger partial charge in [0.05, 0.1) is 6.61 Å². The van der Waals surface area contributed by atoms with Gasteiger partial charge in [-0.3, -0.25) is 15.6 Å². The minimum Gasteiger partial charge on any atom is -0.450 e. The number of carbonyl (C=O) groups is 1. The number of hydrogen-bond acceptors (Lipinski definition) is 4. The van der Waals surface area contributed by atoms with Crippen molar-refractivity contribution >= 4 is 45.0 Å². The van der Waals surface area contributed by atoms with Gasteiger partial charge in [-0.25, -0.2) is 0 Å². The quantitative estimate of drug-likeness (QED) is 0.483. The van der Waals surface area contributed by atoms with Crippen LogP contribution in [-0.2, 0) is 4.74 Å². The van der Waals surface area contributed by atoms with Crippen LogP contribution in [0.4, 0.5) is 0 Å². The summed E-state index contributed by atoms with van der Waals surface area (Å²) < 4.78 is 10.9. The number of fused-ring (bicyclic) bond motifs is 3. The number of benzene rings is 2. The summed E-state index contributed by atoms with van der Waals surface area (Å²) in [7, 11) is 1.62. The second-order valence-corrected chi connectivity index (χ2v) is 6.54. The van der Waals surface area contributed by atoms with Gasteiger partial charge in [0.15, 0.2) is 10.9 Å². The number of hydrazine groups is 1. The lowest BCUT2D eigenvalue weighted by Crippen LogP contribution is -2.50. The van der Waals surface area contributed by atoms with Crippen molar-refractivity contribution < 1.29 is 13.9 Å². The molecule has 2 aromatic carbocycles. The Morgan fingerprint density at radius 2 is 1.96 bits per heavy atom. The van der Waals surface area contributed by atoms with Crippen LogP contribution in [0, 0.1) is 6.92 Å². The van der Waals surface area contributed by atoms with Gasteiger partial charge in [-0.2, -0.15) is 0 Å². The van der Waals surface area contributed by atoms with Crippen LogP contribution in [0.3, 0.4) is 0 Å². The molecular formula is C19H21N3O3S. The number of methoxy groups -OCH3 is 1. The Morgan fingerprint density at radius 1 is 1.19 bits per heavy atom. The van der Waals surface area contributed by atoms with Crippen LogP contribution in [-0.4, -0.2) is 30.8 Å². The van der Waals surface area contributed by atoms with E-state index in [1.165, 1.54) is 0 Å². The summed E-state index contributed by atoms with van der Waals surface area (Å²) in [6, 6.07) is 11.9. The predicted molar refractivity (Wildman–Crippen MR) is 106 cm³/mol. The lowest BCUT2D eigenvalue weighted by molar-refractivity contribution is 0.0917. The van der Waals surface area contributed by atoms with E-state index in [2.05, 4.69) is 16.2 Å². The summed E-state index contributed by atoms with van der Waals surface area (Å²) in [5.74, 6) is -0.122. The molecule has 0 aliphatic carbocycles. The largest absolute Gasteiger partial charge is 0.450 e. The number of thiocarbonyl (C=S) groups is 1. The average Bonchev–Trinajstić information content (AvgIpc) is 2.97. The van der Waals surface area contributed by atoms with Gasteiger partial charge in [0.1, 0.15) is 5.58 Å². The molecule has 0 unspecified atom stereocenters. The number of furan rings is 1. The highest BCUT2D eigenvalue weighted by Crippen LogP contribution is 2.31. The Bertz CT molecular complexity index is 967. The molecule has 0 aliphatic heterocycles. The Morgan fingerprint density at radius 3 is 2.73 bits per heavy atom. The van der Waals surface area contributed by atoms with E-state index in [1.807, 2.05) is 50.2 Å². The molecule has 1 atom stereocenters. The van der Waals surface area contributed by atoms with E-state index in [0.29, 0.717) is 17.3 Å². The maximum atomic E-state index is 12.5. The molecule has 3 N–H and O–H groups in total. The molecule has 0 saturated heterocycles. The van der Waals surface area contributed by atoms with Gasteiger partial charge >= 0.3 is 5.91 Å². The molecule has 0 saturated carbocycles. The Labute approximate surface area is 156 Å². The van der Waals surface area contributed by atoms with E-state index in [9.17, 15) is 4.79 Å². The van der Waals surface area contributed by atoms with Gasteiger partial charge < -0.3 is 14.5 Å². The highest BCUT2D eigenvalue weighted by Gasteiger charge is 2.19. The van der Waals surface area contributed by atoms with Crippen LogP contribution >= 0.6 is 12.2 Å². The molecule has 3 aromatic rings. The average molecular weight is 371 g/mol. The van der Waals surface area contributed by atoms with Crippen LogP contribution in [0.15, 0.2) is 40.8 Å².